The highest BCUT2D eigenvalue weighted by Gasteiger charge is 2.58. The lowest BCUT2D eigenvalue weighted by Crippen LogP contribution is -2.55. The van der Waals surface area contributed by atoms with Crippen molar-refractivity contribution in [2.24, 2.45) is 0 Å². The lowest BCUT2D eigenvalue weighted by atomic mass is 9.37. The average molecular weight is 796 g/mol. The maximum atomic E-state index is 2.76. The van der Waals surface area contributed by atoms with Crippen LogP contribution in [0.3, 0.4) is 0 Å². The molecule has 0 N–H and O–H groups in total. The fourth-order valence-corrected chi connectivity index (χ4v) is 12.4. The van der Waals surface area contributed by atoms with Gasteiger partial charge in [-0.05, 0) is 119 Å². The van der Waals surface area contributed by atoms with Crippen LogP contribution in [-0.4, -0.2) is 12.3 Å². The van der Waals surface area contributed by atoms with E-state index in [1.165, 1.54) is 114 Å². The molecule has 0 spiro atoms. The summed E-state index contributed by atoms with van der Waals surface area (Å²) in [5, 5.41) is 4.92. The molecule has 13 rings (SSSR count). The van der Waals surface area contributed by atoms with E-state index in [-0.39, 0.29) is 17.7 Å². The van der Waals surface area contributed by atoms with Crippen LogP contribution in [0, 0.1) is 0 Å². The number of anilines is 8. The Morgan fingerprint density at radius 2 is 1.11 bits per heavy atom. The molecule has 1 saturated carbocycles. The van der Waals surface area contributed by atoms with Gasteiger partial charge >= 0.3 is 0 Å². The van der Waals surface area contributed by atoms with Crippen molar-refractivity contribution >= 4 is 90.1 Å². The summed E-state index contributed by atoms with van der Waals surface area (Å²) in [4.78, 5) is 7.81. The molecule has 0 bridgehead atoms. The van der Waals surface area contributed by atoms with Crippen LogP contribution in [0.2, 0.25) is 0 Å². The minimum Gasteiger partial charge on any atom is -0.334 e. The van der Waals surface area contributed by atoms with Crippen molar-refractivity contribution in [3.63, 3.8) is 0 Å². The average Bonchev–Trinajstić information content (AvgIpc) is 3.76. The molecule has 0 saturated heterocycles. The lowest BCUT2D eigenvalue weighted by Gasteiger charge is -2.50. The summed E-state index contributed by atoms with van der Waals surface area (Å²) in [7, 11) is 0. The zero-order valence-corrected chi connectivity index (χ0v) is 35.2. The second-order valence-electron chi connectivity index (χ2n) is 18.4. The number of benzene rings is 9. The van der Waals surface area contributed by atoms with E-state index in [1.807, 2.05) is 0 Å². The molecule has 62 heavy (non-hydrogen) atoms. The predicted octanol–water partition coefficient (Wildman–Crippen LogP) is 13.5. The fourth-order valence-electron chi connectivity index (χ4n) is 12.4. The molecule has 2 atom stereocenters. The zero-order valence-electron chi connectivity index (χ0n) is 35.2. The number of rotatable bonds is 5. The third-order valence-electron chi connectivity index (χ3n) is 15.4. The van der Waals surface area contributed by atoms with E-state index >= 15 is 0 Å². The minimum atomic E-state index is -0.0534. The molecule has 3 heterocycles. The zero-order chi connectivity index (χ0) is 41.2. The maximum absolute atomic E-state index is 2.76. The number of hydrogen-bond acceptors (Lipinski definition) is 3. The highest BCUT2D eigenvalue weighted by Crippen LogP contribution is 2.61. The lowest BCUT2D eigenvalue weighted by molar-refractivity contribution is 0.195. The number of hydrogen-bond donors (Lipinski definition) is 0. The molecule has 9 aromatic rings. The summed E-state index contributed by atoms with van der Waals surface area (Å²) >= 11 is 0. The number of nitrogens with zero attached hydrogens (tertiary/aromatic N) is 3. The van der Waals surface area contributed by atoms with Crippen LogP contribution in [0.4, 0.5) is 45.5 Å². The van der Waals surface area contributed by atoms with E-state index in [9.17, 15) is 0 Å². The summed E-state index contributed by atoms with van der Waals surface area (Å²) in [6.07, 6.45) is 4.89. The van der Waals surface area contributed by atoms with Crippen molar-refractivity contribution in [3.05, 3.63) is 200 Å². The molecule has 3 aliphatic heterocycles. The third kappa shape index (κ3) is 4.84. The molecule has 296 valence electrons. The first kappa shape index (κ1) is 35.7. The normalized spacial score (nSPS) is 19.2. The summed E-state index contributed by atoms with van der Waals surface area (Å²) < 4.78 is 0. The van der Waals surface area contributed by atoms with Crippen LogP contribution >= 0.6 is 0 Å². The van der Waals surface area contributed by atoms with Gasteiger partial charge in [0.25, 0.3) is 0 Å². The first-order valence-corrected chi connectivity index (χ1v) is 22.4. The Kier molecular flexibility index (Phi) is 7.62. The molecule has 1 aliphatic carbocycles. The van der Waals surface area contributed by atoms with E-state index in [0.29, 0.717) is 0 Å². The van der Waals surface area contributed by atoms with Gasteiger partial charge in [-0.2, -0.15) is 0 Å². The van der Waals surface area contributed by atoms with Gasteiger partial charge in [-0.15, -0.1) is 0 Å². The van der Waals surface area contributed by atoms with Gasteiger partial charge in [0.1, 0.15) is 0 Å². The Hall–Kier alpha value is -7.04. The Balaban J connectivity index is 1.08. The molecule has 4 heteroatoms. The Labute approximate surface area is 364 Å². The number of para-hydroxylation sites is 3. The van der Waals surface area contributed by atoms with Gasteiger partial charge in [0, 0.05) is 50.3 Å². The van der Waals surface area contributed by atoms with Crippen molar-refractivity contribution in [3.8, 4) is 11.1 Å². The van der Waals surface area contributed by atoms with E-state index < -0.39 is 0 Å². The molecular weight excluding hydrogens is 749 g/mol. The van der Waals surface area contributed by atoms with Gasteiger partial charge in [0.15, 0.2) is 0 Å². The van der Waals surface area contributed by atoms with Crippen molar-refractivity contribution in [2.75, 3.05) is 14.7 Å². The van der Waals surface area contributed by atoms with Gasteiger partial charge in [0.2, 0.25) is 6.71 Å². The van der Waals surface area contributed by atoms with Crippen LogP contribution in [0.15, 0.2) is 194 Å². The van der Waals surface area contributed by atoms with E-state index in [1.54, 1.807) is 0 Å². The summed E-state index contributed by atoms with van der Waals surface area (Å²) in [5.74, 6) is 0. The smallest absolute Gasteiger partial charge is 0.248 e. The second kappa shape index (κ2) is 13.2. The Morgan fingerprint density at radius 1 is 0.484 bits per heavy atom. The summed E-state index contributed by atoms with van der Waals surface area (Å²) in [6.45, 7) is 5.16. The molecule has 3 nitrogen and oxygen atoms in total. The molecular formula is C58H46BN3. The second-order valence-corrected chi connectivity index (χ2v) is 18.4. The van der Waals surface area contributed by atoms with Crippen LogP contribution in [-0.2, 0) is 5.41 Å². The van der Waals surface area contributed by atoms with Crippen molar-refractivity contribution in [1.82, 2.24) is 0 Å². The van der Waals surface area contributed by atoms with E-state index in [0.717, 1.165) is 12.1 Å². The summed E-state index contributed by atoms with van der Waals surface area (Å²) in [6, 6.07) is 72.9. The molecule has 9 aromatic carbocycles. The minimum absolute atomic E-state index is 0.0534. The van der Waals surface area contributed by atoms with Crippen LogP contribution < -0.4 is 31.1 Å². The standard InChI is InChI=1S/C58H46BN3/c1-57-34-14-15-35-58(57,2)62(53-28-12-10-26-48(53)57)43-36-47-46-33-32-42(37-50(46)59-49-27-11-13-29-54(49)60(55(38-43)56(47)59)41-22-4-3-5-23-41)61(51-30-16-20-39-18-6-8-24-44(39)51)52-31-17-21-40-19-7-9-25-45(40)52/h3-13,16-33,36-38H,14-15,34-35H2,1-2H3. The van der Waals surface area contributed by atoms with Crippen LogP contribution in [0.1, 0.15) is 45.1 Å². The Bertz CT molecular complexity index is 3190. The monoisotopic (exact) mass is 795 g/mol. The molecule has 0 amide bonds. The van der Waals surface area contributed by atoms with Crippen molar-refractivity contribution in [2.45, 2.75) is 50.5 Å². The van der Waals surface area contributed by atoms with Gasteiger partial charge in [-0.1, -0.05) is 159 Å². The fraction of sp³-hybridized carbons (Fsp3) is 0.138. The molecule has 4 aliphatic rings. The molecule has 2 unspecified atom stereocenters. The van der Waals surface area contributed by atoms with Crippen LogP contribution in [0.5, 0.6) is 0 Å². The largest absolute Gasteiger partial charge is 0.334 e. The van der Waals surface area contributed by atoms with E-state index in [4.69, 9.17) is 0 Å². The SMILES string of the molecule is CC12CCCCC1(C)N(c1cc3c4c(c1)N(c1ccccc1)c1ccccc1B4c1cc(N(c4cccc5ccccc45)c4cccc5ccccc45)ccc1-3)c1ccccc12. The third-order valence-corrected chi connectivity index (χ3v) is 15.4. The molecule has 0 radical (unpaired) electrons. The van der Waals surface area contributed by atoms with Crippen molar-refractivity contribution < 1.29 is 0 Å². The van der Waals surface area contributed by atoms with Gasteiger partial charge < -0.3 is 14.7 Å². The molecule has 1 fully saturated rings. The highest BCUT2D eigenvalue weighted by molar-refractivity contribution is 7.01. The van der Waals surface area contributed by atoms with Gasteiger partial charge in [-0.25, -0.2) is 0 Å². The topological polar surface area (TPSA) is 9.72 Å². The van der Waals surface area contributed by atoms with Crippen LogP contribution in [0.25, 0.3) is 32.7 Å². The van der Waals surface area contributed by atoms with Crippen molar-refractivity contribution in [1.29, 1.82) is 0 Å². The molecule has 0 aromatic heterocycles. The Morgan fingerprint density at radius 3 is 1.87 bits per heavy atom. The maximum Gasteiger partial charge on any atom is 0.248 e. The quantitative estimate of drug-likeness (QED) is 0.161. The van der Waals surface area contributed by atoms with Gasteiger partial charge in [0.05, 0.1) is 16.9 Å². The highest BCUT2D eigenvalue weighted by atomic mass is 15.3. The summed E-state index contributed by atoms with van der Waals surface area (Å²) in [5.41, 5.74) is 18.1. The predicted molar refractivity (Wildman–Crippen MR) is 264 cm³/mol. The number of fused-ring (bicyclic) bond motifs is 10. The first-order valence-electron chi connectivity index (χ1n) is 22.4. The van der Waals surface area contributed by atoms with E-state index in [2.05, 4.69) is 223 Å². The van der Waals surface area contributed by atoms with Gasteiger partial charge in [-0.3, -0.25) is 0 Å². The first-order chi connectivity index (χ1) is 30.5.